The molecule has 0 amide bonds. The highest BCUT2D eigenvalue weighted by atomic mass is 15.3. The Morgan fingerprint density at radius 1 is 1.29 bits per heavy atom. The van der Waals surface area contributed by atoms with E-state index in [1.807, 2.05) is 6.20 Å². The van der Waals surface area contributed by atoms with Crippen molar-refractivity contribution < 1.29 is 14.8 Å². The van der Waals surface area contributed by atoms with Crippen molar-refractivity contribution in [2.45, 2.75) is 32.9 Å². The third-order valence-corrected chi connectivity index (χ3v) is 4.13. The van der Waals surface area contributed by atoms with Crippen LogP contribution in [0, 0.1) is 0 Å². The Kier molecular flexibility index (Phi) is 4.51. The molecular weight excluding hydrogens is 210 g/mol. The van der Waals surface area contributed by atoms with Crippen molar-refractivity contribution in [1.82, 2.24) is 0 Å². The number of aromatic amines is 1. The molecule has 0 aliphatic carbocycles. The predicted octanol–water partition coefficient (Wildman–Crippen LogP) is -1.42. The number of aromatic nitrogens is 1. The molecule has 0 spiro atoms. The highest BCUT2D eigenvalue weighted by Gasteiger charge is 2.26. The molecule has 3 nitrogen and oxygen atoms in total. The second-order valence-corrected chi connectivity index (χ2v) is 5.31. The molecule has 1 aliphatic heterocycles. The molecule has 1 aromatic rings. The van der Waals surface area contributed by atoms with E-state index in [1.165, 1.54) is 44.7 Å². The van der Waals surface area contributed by atoms with Crippen molar-refractivity contribution in [1.29, 1.82) is 0 Å². The lowest BCUT2D eigenvalue weighted by Crippen LogP contribution is -3.29. The first kappa shape index (κ1) is 12.5. The minimum Gasteiger partial charge on any atom is -0.323 e. The first-order chi connectivity index (χ1) is 8.29. The lowest BCUT2D eigenvalue weighted by atomic mass is 10.2. The molecule has 2 heterocycles. The number of hydrogen-bond acceptors (Lipinski definition) is 0. The zero-order chi connectivity index (χ0) is 12.1. The minimum absolute atomic E-state index is 0.835. The molecule has 1 unspecified atom stereocenters. The largest absolute Gasteiger partial charge is 0.323 e. The quantitative estimate of drug-likeness (QED) is 0.641. The second-order valence-electron chi connectivity index (χ2n) is 5.31. The van der Waals surface area contributed by atoms with Gasteiger partial charge in [0.15, 0.2) is 12.4 Å². The fraction of sp³-hybridized carbons (Fsp3) is 0.643. The second kappa shape index (κ2) is 6.12. The van der Waals surface area contributed by atoms with Gasteiger partial charge in [0.25, 0.3) is 0 Å². The number of nitrogens with one attached hydrogen (secondary N) is 3. The zero-order valence-corrected chi connectivity index (χ0v) is 11.1. The topological polar surface area (TPSA) is 23.0 Å². The first-order valence-electron chi connectivity index (χ1n) is 6.92. The molecule has 0 bridgehead atoms. The van der Waals surface area contributed by atoms with Gasteiger partial charge in [0.05, 0.1) is 11.6 Å². The van der Waals surface area contributed by atoms with Crippen LogP contribution in [-0.2, 0) is 6.54 Å². The lowest BCUT2D eigenvalue weighted by Gasteiger charge is -2.32. The summed E-state index contributed by atoms with van der Waals surface area (Å²) in [6.07, 6.45) is 5.41. The Morgan fingerprint density at radius 3 is 2.65 bits per heavy atom. The van der Waals surface area contributed by atoms with Gasteiger partial charge in [0.2, 0.25) is 0 Å². The van der Waals surface area contributed by atoms with Gasteiger partial charge in [-0.2, -0.15) is 0 Å². The van der Waals surface area contributed by atoms with Crippen molar-refractivity contribution in [3.63, 3.8) is 0 Å². The summed E-state index contributed by atoms with van der Waals surface area (Å²) < 4.78 is 0. The molecule has 1 aromatic heterocycles. The standard InChI is InChI=1S/C14H23N3/c1-3-13(2)17-9-7-16(8-10-17)12-14-5-4-6-15-11-14/h4-6,11,13H,3,7-10,12H2,1-2H3/p+3. The van der Waals surface area contributed by atoms with E-state index in [2.05, 4.69) is 37.2 Å². The molecule has 17 heavy (non-hydrogen) atoms. The molecule has 94 valence electrons. The van der Waals surface area contributed by atoms with Gasteiger partial charge in [0, 0.05) is 6.07 Å². The van der Waals surface area contributed by atoms with Gasteiger partial charge in [-0.1, -0.05) is 6.92 Å². The number of pyridine rings is 1. The van der Waals surface area contributed by atoms with Crippen molar-refractivity contribution in [3.8, 4) is 0 Å². The Bertz CT molecular complexity index is 317. The van der Waals surface area contributed by atoms with Crippen LogP contribution >= 0.6 is 0 Å². The van der Waals surface area contributed by atoms with Crippen LogP contribution < -0.4 is 14.8 Å². The van der Waals surface area contributed by atoms with Crippen LogP contribution in [0.5, 0.6) is 0 Å². The average Bonchev–Trinajstić information content (AvgIpc) is 2.40. The average molecular weight is 236 g/mol. The molecule has 1 atom stereocenters. The van der Waals surface area contributed by atoms with Crippen LogP contribution in [0.1, 0.15) is 25.8 Å². The maximum Gasteiger partial charge on any atom is 0.175 e. The molecule has 0 saturated carbocycles. The Balaban J connectivity index is 1.80. The fourth-order valence-corrected chi connectivity index (χ4v) is 2.71. The van der Waals surface area contributed by atoms with E-state index in [9.17, 15) is 0 Å². The van der Waals surface area contributed by atoms with E-state index in [4.69, 9.17) is 0 Å². The normalized spacial score (nSPS) is 26.7. The van der Waals surface area contributed by atoms with Gasteiger partial charge in [-0.15, -0.1) is 0 Å². The third kappa shape index (κ3) is 3.51. The molecule has 0 aromatic carbocycles. The number of H-pyrrole nitrogens is 1. The van der Waals surface area contributed by atoms with Crippen LogP contribution in [0.4, 0.5) is 0 Å². The molecule has 1 saturated heterocycles. The maximum atomic E-state index is 3.17. The van der Waals surface area contributed by atoms with E-state index in [1.54, 1.807) is 9.80 Å². The van der Waals surface area contributed by atoms with Gasteiger partial charge in [0.1, 0.15) is 32.7 Å². The van der Waals surface area contributed by atoms with Crippen LogP contribution in [0.15, 0.2) is 24.5 Å². The van der Waals surface area contributed by atoms with Gasteiger partial charge >= 0.3 is 0 Å². The summed E-state index contributed by atoms with van der Waals surface area (Å²) >= 11 is 0. The van der Waals surface area contributed by atoms with E-state index in [-0.39, 0.29) is 0 Å². The SMILES string of the molecule is CCC(C)[NH+]1CC[NH+](Cc2ccc[nH+]c2)CC1. The third-order valence-electron chi connectivity index (χ3n) is 4.13. The molecule has 2 rings (SSSR count). The van der Waals surface area contributed by atoms with E-state index < -0.39 is 0 Å². The van der Waals surface area contributed by atoms with Crippen molar-refractivity contribution in [3.05, 3.63) is 30.1 Å². The Labute approximate surface area is 104 Å². The minimum atomic E-state index is 0.835. The Hall–Kier alpha value is -0.930. The maximum absolute atomic E-state index is 3.17. The van der Waals surface area contributed by atoms with Crippen molar-refractivity contribution >= 4 is 0 Å². The van der Waals surface area contributed by atoms with Gasteiger partial charge in [-0.25, -0.2) is 4.98 Å². The van der Waals surface area contributed by atoms with E-state index in [0.717, 1.165) is 6.04 Å². The monoisotopic (exact) mass is 236 g/mol. The summed E-state index contributed by atoms with van der Waals surface area (Å²) in [7, 11) is 0. The van der Waals surface area contributed by atoms with Crippen LogP contribution in [0.25, 0.3) is 0 Å². The summed E-state index contributed by atoms with van der Waals surface area (Å²) in [4.78, 5) is 6.70. The van der Waals surface area contributed by atoms with Gasteiger partial charge in [-0.3, -0.25) is 0 Å². The van der Waals surface area contributed by atoms with E-state index in [0.29, 0.717) is 0 Å². The summed E-state index contributed by atoms with van der Waals surface area (Å²) in [6, 6.07) is 5.15. The summed E-state index contributed by atoms with van der Waals surface area (Å²) in [5.41, 5.74) is 1.43. The highest BCUT2D eigenvalue weighted by molar-refractivity contribution is 5.02. The summed E-state index contributed by atoms with van der Waals surface area (Å²) in [5, 5.41) is 0. The number of piperazine rings is 1. The van der Waals surface area contributed by atoms with Crippen LogP contribution in [-0.4, -0.2) is 32.2 Å². The number of quaternary nitrogens is 2. The van der Waals surface area contributed by atoms with Crippen molar-refractivity contribution in [2.75, 3.05) is 26.2 Å². The first-order valence-corrected chi connectivity index (χ1v) is 6.92. The highest BCUT2D eigenvalue weighted by Crippen LogP contribution is 1.89. The number of rotatable bonds is 4. The Morgan fingerprint density at radius 2 is 2.06 bits per heavy atom. The fourth-order valence-electron chi connectivity index (χ4n) is 2.71. The predicted molar refractivity (Wildman–Crippen MR) is 67.8 cm³/mol. The molecule has 1 aliphatic rings. The van der Waals surface area contributed by atoms with Gasteiger partial charge in [-0.05, 0) is 19.4 Å². The summed E-state index contributed by atoms with van der Waals surface area (Å²) in [6.45, 7) is 11.2. The van der Waals surface area contributed by atoms with Crippen LogP contribution in [0.2, 0.25) is 0 Å². The molecule has 3 N–H and O–H groups in total. The molecule has 1 fully saturated rings. The van der Waals surface area contributed by atoms with Crippen LogP contribution in [0.3, 0.4) is 0 Å². The zero-order valence-electron chi connectivity index (χ0n) is 11.1. The van der Waals surface area contributed by atoms with E-state index >= 15 is 0 Å². The molecular formula is C14H26N3+3. The van der Waals surface area contributed by atoms with Gasteiger partial charge < -0.3 is 9.80 Å². The summed E-state index contributed by atoms with van der Waals surface area (Å²) in [5.74, 6) is 0. The smallest absolute Gasteiger partial charge is 0.175 e. The lowest BCUT2D eigenvalue weighted by molar-refractivity contribution is -1.03. The van der Waals surface area contributed by atoms with Crippen molar-refractivity contribution in [2.24, 2.45) is 0 Å². The number of hydrogen-bond donors (Lipinski definition) is 2. The molecule has 0 radical (unpaired) electrons. The molecule has 3 heteroatoms.